The van der Waals surface area contributed by atoms with Crippen molar-refractivity contribution in [3.8, 4) is 11.5 Å². The summed E-state index contributed by atoms with van der Waals surface area (Å²) in [4.78, 5) is 17.9. The molecule has 0 saturated heterocycles. The van der Waals surface area contributed by atoms with E-state index in [1.54, 1.807) is 20.4 Å². The predicted molar refractivity (Wildman–Crippen MR) is 124 cm³/mol. The van der Waals surface area contributed by atoms with Gasteiger partial charge in [-0.25, -0.2) is 0 Å². The highest BCUT2D eigenvalue weighted by atomic mass is 16.5. The monoisotopic (exact) mass is 427 g/mol. The Morgan fingerprint density at radius 1 is 0.938 bits per heavy atom. The summed E-state index contributed by atoms with van der Waals surface area (Å²) in [5, 5.41) is 7.14. The Labute approximate surface area is 187 Å². The number of methoxy groups -OCH3 is 2. The van der Waals surface area contributed by atoms with Gasteiger partial charge in [0.25, 0.3) is 0 Å². The minimum atomic E-state index is -0.331. The largest absolute Gasteiger partial charge is 0.493 e. The fourth-order valence-electron chi connectivity index (χ4n) is 4.64. The molecule has 1 aromatic heterocycles. The molecule has 2 N–H and O–H groups in total. The number of carbonyl (C=O) groups is 1. The molecule has 32 heavy (non-hydrogen) atoms. The van der Waals surface area contributed by atoms with Crippen molar-refractivity contribution in [1.82, 2.24) is 4.98 Å². The van der Waals surface area contributed by atoms with Crippen molar-refractivity contribution < 1.29 is 14.3 Å². The normalized spacial score (nSPS) is 21.8. The fourth-order valence-corrected chi connectivity index (χ4v) is 4.64. The van der Waals surface area contributed by atoms with E-state index in [0.29, 0.717) is 17.9 Å². The topological polar surface area (TPSA) is 72.5 Å². The maximum absolute atomic E-state index is 13.6. The molecule has 0 spiro atoms. The number of hydrogen-bond acceptors (Lipinski definition) is 6. The van der Waals surface area contributed by atoms with Crippen molar-refractivity contribution in [2.75, 3.05) is 24.9 Å². The minimum absolute atomic E-state index is 0.0548. The first-order chi connectivity index (χ1) is 15.7. The number of hydrogen-bond donors (Lipinski definition) is 2. The Kier molecular flexibility index (Phi) is 5.27. The second-order valence-corrected chi connectivity index (χ2v) is 8.07. The number of ketones is 1. The van der Waals surface area contributed by atoms with Gasteiger partial charge in [0.15, 0.2) is 11.5 Å². The van der Waals surface area contributed by atoms with Crippen molar-refractivity contribution in [2.45, 2.75) is 18.4 Å². The lowest BCUT2D eigenvalue weighted by atomic mass is 9.76. The zero-order valence-electron chi connectivity index (χ0n) is 18.0. The molecule has 5 rings (SSSR count). The maximum Gasteiger partial charge on any atom is 0.161 e. The summed E-state index contributed by atoms with van der Waals surface area (Å²) in [5.41, 5.74) is 4.84. The minimum Gasteiger partial charge on any atom is -0.493 e. The van der Waals surface area contributed by atoms with Crippen LogP contribution in [0.4, 0.5) is 11.4 Å². The molecule has 3 atom stereocenters. The van der Waals surface area contributed by atoms with E-state index in [2.05, 4.69) is 21.7 Å². The van der Waals surface area contributed by atoms with Crippen LogP contribution in [-0.2, 0) is 4.79 Å². The summed E-state index contributed by atoms with van der Waals surface area (Å²) in [6, 6.07) is 17.6. The lowest BCUT2D eigenvalue weighted by molar-refractivity contribution is -0.122. The third kappa shape index (κ3) is 3.58. The summed E-state index contributed by atoms with van der Waals surface area (Å²) >= 11 is 0. The van der Waals surface area contributed by atoms with Crippen LogP contribution in [0.3, 0.4) is 0 Å². The van der Waals surface area contributed by atoms with Crippen molar-refractivity contribution in [3.05, 3.63) is 89.9 Å². The van der Waals surface area contributed by atoms with E-state index in [-0.39, 0.29) is 23.7 Å². The van der Waals surface area contributed by atoms with Crippen LogP contribution in [0, 0.1) is 5.92 Å². The summed E-state index contributed by atoms with van der Waals surface area (Å²) in [6.45, 7) is 0. The van der Waals surface area contributed by atoms with Crippen LogP contribution in [-0.4, -0.2) is 25.0 Å². The molecule has 0 saturated carbocycles. The molecule has 0 bridgehead atoms. The summed E-state index contributed by atoms with van der Waals surface area (Å²) in [7, 11) is 3.24. The van der Waals surface area contributed by atoms with Crippen LogP contribution in [0.15, 0.2) is 78.8 Å². The molecule has 1 aliphatic heterocycles. The number of nitrogens with one attached hydrogen (secondary N) is 2. The molecular weight excluding hydrogens is 402 g/mol. The first-order valence-electron chi connectivity index (χ1n) is 10.7. The van der Waals surface area contributed by atoms with E-state index < -0.39 is 0 Å². The molecule has 1 aliphatic carbocycles. The predicted octanol–water partition coefficient (Wildman–Crippen LogP) is 4.93. The quantitative estimate of drug-likeness (QED) is 0.615. The van der Waals surface area contributed by atoms with E-state index in [9.17, 15) is 4.79 Å². The van der Waals surface area contributed by atoms with Gasteiger partial charge in [-0.1, -0.05) is 30.3 Å². The Hall–Kier alpha value is -3.80. The SMILES string of the molecule is COc1ccc(C2C=C3Nc4ccccc4NC(c4cccnc4)C3C(=O)C2)cc1OC. The van der Waals surface area contributed by atoms with E-state index in [1.165, 1.54) is 0 Å². The number of carbonyl (C=O) groups excluding carboxylic acids is 1. The molecule has 3 unspecified atom stereocenters. The lowest BCUT2D eigenvalue weighted by Crippen LogP contribution is -2.33. The lowest BCUT2D eigenvalue weighted by Gasteiger charge is -2.32. The molecule has 0 fully saturated rings. The molecule has 2 aliphatic rings. The van der Waals surface area contributed by atoms with Crippen molar-refractivity contribution in [2.24, 2.45) is 5.92 Å². The van der Waals surface area contributed by atoms with Crippen LogP contribution in [0.2, 0.25) is 0 Å². The highest BCUT2D eigenvalue weighted by molar-refractivity contribution is 5.90. The van der Waals surface area contributed by atoms with Gasteiger partial charge >= 0.3 is 0 Å². The zero-order valence-corrected chi connectivity index (χ0v) is 18.0. The zero-order chi connectivity index (χ0) is 22.1. The van der Waals surface area contributed by atoms with Crippen LogP contribution in [0.25, 0.3) is 0 Å². The van der Waals surface area contributed by atoms with Gasteiger partial charge in [-0.05, 0) is 41.5 Å². The highest BCUT2D eigenvalue weighted by Gasteiger charge is 2.40. The number of rotatable bonds is 4. The number of pyridine rings is 1. The molecule has 6 heteroatoms. The van der Waals surface area contributed by atoms with Crippen molar-refractivity contribution >= 4 is 17.2 Å². The number of nitrogens with zero attached hydrogens (tertiary/aromatic N) is 1. The van der Waals surface area contributed by atoms with E-state index in [1.807, 2.05) is 60.8 Å². The number of anilines is 2. The molecular formula is C26H25N3O3. The standard InChI is InChI=1S/C26H25N3O3/c1-31-23-10-9-16(14-24(23)32-2)18-12-21-25(22(30)13-18)26(17-6-5-11-27-15-17)29-20-8-4-3-7-19(20)28-21/h3-12,14-15,18,25-26,28-29H,13H2,1-2H3. The molecule has 3 aromatic rings. The summed E-state index contributed by atoms with van der Waals surface area (Å²) in [6.07, 6.45) is 6.18. The Balaban J connectivity index is 1.59. The average molecular weight is 428 g/mol. The third-order valence-electron chi connectivity index (χ3n) is 6.21. The number of allylic oxidation sites excluding steroid dienone is 1. The van der Waals surface area contributed by atoms with Gasteiger partial charge in [-0.15, -0.1) is 0 Å². The highest BCUT2D eigenvalue weighted by Crippen LogP contribution is 2.45. The number of Topliss-reactive ketones (excluding diaryl/α,β-unsaturated/α-hetero) is 1. The summed E-state index contributed by atoms with van der Waals surface area (Å²) < 4.78 is 10.8. The second-order valence-electron chi connectivity index (χ2n) is 8.07. The number of fused-ring (bicyclic) bond motifs is 2. The van der Waals surface area contributed by atoms with Crippen LogP contribution in [0.5, 0.6) is 11.5 Å². The average Bonchev–Trinajstić information content (AvgIpc) is 3.01. The number of para-hydroxylation sites is 2. The maximum atomic E-state index is 13.6. The first-order valence-corrected chi connectivity index (χ1v) is 10.7. The van der Waals surface area contributed by atoms with Crippen LogP contribution >= 0.6 is 0 Å². The van der Waals surface area contributed by atoms with Gasteiger partial charge < -0.3 is 20.1 Å². The van der Waals surface area contributed by atoms with Gasteiger partial charge in [-0.2, -0.15) is 0 Å². The molecule has 162 valence electrons. The molecule has 2 heterocycles. The number of ether oxygens (including phenoxy) is 2. The van der Waals surface area contributed by atoms with Gasteiger partial charge in [0, 0.05) is 30.4 Å². The van der Waals surface area contributed by atoms with E-state index in [0.717, 1.165) is 28.2 Å². The van der Waals surface area contributed by atoms with Gasteiger partial charge in [-0.3, -0.25) is 9.78 Å². The van der Waals surface area contributed by atoms with Crippen molar-refractivity contribution in [1.29, 1.82) is 0 Å². The van der Waals surface area contributed by atoms with E-state index in [4.69, 9.17) is 9.47 Å². The number of aromatic nitrogens is 1. The molecule has 0 amide bonds. The molecule has 6 nitrogen and oxygen atoms in total. The Morgan fingerprint density at radius 3 is 2.50 bits per heavy atom. The molecule has 0 radical (unpaired) electrons. The molecule has 2 aromatic carbocycles. The Morgan fingerprint density at radius 2 is 1.75 bits per heavy atom. The van der Waals surface area contributed by atoms with Crippen LogP contribution in [0.1, 0.15) is 29.5 Å². The second kappa shape index (κ2) is 8.38. The smallest absolute Gasteiger partial charge is 0.161 e. The Bertz CT molecular complexity index is 1180. The third-order valence-corrected chi connectivity index (χ3v) is 6.21. The van der Waals surface area contributed by atoms with Gasteiger partial charge in [0.1, 0.15) is 5.78 Å². The number of benzene rings is 2. The fraction of sp³-hybridized carbons (Fsp3) is 0.231. The van der Waals surface area contributed by atoms with Gasteiger partial charge in [0.2, 0.25) is 0 Å². The first kappa shape index (κ1) is 20.1. The van der Waals surface area contributed by atoms with Gasteiger partial charge in [0.05, 0.1) is 37.6 Å². The summed E-state index contributed by atoms with van der Waals surface area (Å²) in [5.74, 6) is 1.13. The van der Waals surface area contributed by atoms with E-state index >= 15 is 0 Å². The van der Waals surface area contributed by atoms with Crippen molar-refractivity contribution in [3.63, 3.8) is 0 Å². The van der Waals surface area contributed by atoms with Crippen LogP contribution < -0.4 is 20.1 Å².